The molecule has 0 unspecified atom stereocenters. The van der Waals surface area contributed by atoms with Gasteiger partial charge >= 0.3 is 0 Å². The van der Waals surface area contributed by atoms with Crippen LogP contribution in [0.1, 0.15) is 10.4 Å². The van der Waals surface area contributed by atoms with Crippen LogP contribution in [0.5, 0.6) is 0 Å². The van der Waals surface area contributed by atoms with E-state index in [1.165, 1.54) is 55.0 Å². The summed E-state index contributed by atoms with van der Waals surface area (Å²) in [6.07, 6.45) is 4.20. The minimum atomic E-state index is -3.83. The third-order valence-electron chi connectivity index (χ3n) is 3.20. The molecule has 0 saturated carbocycles. The van der Waals surface area contributed by atoms with Crippen molar-refractivity contribution in [2.75, 3.05) is 10.0 Å². The fraction of sp³-hybridized carbons (Fsp3) is 0. The molecule has 2 N–H and O–H groups in total. The van der Waals surface area contributed by atoms with Crippen molar-refractivity contribution in [2.45, 2.75) is 4.90 Å². The van der Waals surface area contributed by atoms with Gasteiger partial charge in [-0.1, -0.05) is 11.6 Å². The second kappa shape index (κ2) is 7.46. The largest absolute Gasteiger partial charge is 0.322 e. The van der Waals surface area contributed by atoms with Gasteiger partial charge in [-0.25, -0.2) is 28.1 Å². The summed E-state index contributed by atoms with van der Waals surface area (Å²) in [5.74, 6) is -0.416. The highest BCUT2D eigenvalue weighted by Gasteiger charge is 2.15. The Morgan fingerprint density at radius 2 is 1.65 bits per heavy atom. The van der Waals surface area contributed by atoms with Crippen LogP contribution in [0.3, 0.4) is 0 Å². The van der Waals surface area contributed by atoms with Crippen LogP contribution in [0.2, 0.25) is 5.15 Å². The van der Waals surface area contributed by atoms with Crippen molar-refractivity contribution in [1.82, 2.24) is 15.0 Å². The lowest BCUT2D eigenvalue weighted by Crippen LogP contribution is -2.15. The maximum atomic E-state index is 12.3. The Kier molecular flexibility index (Phi) is 5.10. The van der Waals surface area contributed by atoms with Crippen molar-refractivity contribution in [3.8, 4) is 0 Å². The summed E-state index contributed by atoms with van der Waals surface area (Å²) in [6.45, 7) is 0. The van der Waals surface area contributed by atoms with Crippen molar-refractivity contribution in [3.05, 3.63) is 71.8 Å². The Morgan fingerprint density at radius 1 is 0.962 bits per heavy atom. The van der Waals surface area contributed by atoms with Crippen molar-refractivity contribution in [1.29, 1.82) is 0 Å². The average molecular weight is 390 g/mol. The molecular formula is C16H12ClN5O3S. The number of pyridine rings is 1. The summed E-state index contributed by atoms with van der Waals surface area (Å²) in [4.78, 5) is 23.6. The van der Waals surface area contributed by atoms with Gasteiger partial charge in [0.15, 0.2) is 0 Å². The average Bonchev–Trinajstić information content (AvgIpc) is 2.63. The molecule has 0 aliphatic heterocycles. The first-order valence-electron chi connectivity index (χ1n) is 7.27. The Balaban J connectivity index is 1.71. The summed E-state index contributed by atoms with van der Waals surface area (Å²) in [7, 11) is -3.83. The van der Waals surface area contributed by atoms with E-state index in [-0.39, 0.29) is 21.9 Å². The van der Waals surface area contributed by atoms with Gasteiger partial charge in [0.1, 0.15) is 5.15 Å². The van der Waals surface area contributed by atoms with Gasteiger partial charge in [-0.05, 0) is 42.5 Å². The van der Waals surface area contributed by atoms with Crippen molar-refractivity contribution in [3.63, 3.8) is 0 Å². The molecule has 1 aromatic carbocycles. The number of halogens is 1. The van der Waals surface area contributed by atoms with Crippen molar-refractivity contribution < 1.29 is 13.2 Å². The molecule has 0 fully saturated rings. The maximum Gasteiger partial charge on any atom is 0.264 e. The Bertz CT molecular complexity index is 1010. The molecule has 0 saturated heterocycles. The van der Waals surface area contributed by atoms with Gasteiger partial charge in [0.25, 0.3) is 15.9 Å². The third kappa shape index (κ3) is 4.32. The van der Waals surface area contributed by atoms with Crippen LogP contribution in [0.4, 0.5) is 11.6 Å². The predicted octanol–water partition coefficient (Wildman–Crippen LogP) is 2.58. The number of rotatable bonds is 5. The van der Waals surface area contributed by atoms with E-state index >= 15 is 0 Å². The van der Waals surface area contributed by atoms with Gasteiger partial charge in [0.2, 0.25) is 5.95 Å². The van der Waals surface area contributed by atoms with Crippen LogP contribution in [0, 0.1) is 0 Å². The molecule has 8 nitrogen and oxygen atoms in total. The van der Waals surface area contributed by atoms with Crippen LogP contribution in [-0.4, -0.2) is 29.3 Å². The lowest BCUT2D eigenvalue weighted by molar-refractivity contribution is 0.102. The summed E-state index contributed by atoms with van der Waals surface area (Å²) < 4.78 is 26.8. The number of amides is 1. The standard InChI is InChI=1S/C16H12ClN5O3S/c17-14-7-2-11(10-20-14)15(23)21-12-3-5-13(6-4-12)26(24,25)22-16-18-8-1-9-19-16/h1-10H,(H,21,23)(H,18,19,22). The summed E-state index contributed by atoms with van der Waals surface area (Å²) in [6, 6.07) is 10.3. The smallest absolute Gasteiger partial charge is 0.264 e. The number of sulfonamides is 1. The first kappa shape index (κ1) is 17.8. The molecule has 3 aromatic rings. The van der Waals surface area contributed by atoms with Crippen LogP contribution >= 0.6 is 11.6 Å². The number of hydrogen-bond donors (Lipinski definition) is 2. The molecule has 26 heavy (non-hydrogen) atoms. The highest BCUT2D eigenvalue weighted by atomic mass is 35.5. The molecule has 3 rings (SSSR count). The lowest BCUT2D eigenvalue weighted by Gasteiger charge is -2.08. The second-order valence-corrected chi connectivity index (χ2v) is 7.10. The minimum absolute atomic E-state index is 0.0103. The fourth-order valence-electron chi connectivity index (χ4n) is 1.96. The Hall–Kier alpha value is -3.04. The molecule has 0 bridgehead atoms. The van der Waals surface area contributed by atoms with E-state index in [4.69, 9.17) is 11.6 Å². The Morgan fingerprint density at radius 3 is 2.27 bits per heavy atom. The minimum Gasteiger partial charge on any atom is -0.322 e. The number of carbonyl (C=O) groups excluding carboxylic acids is 1. The first-order valence-corrected chi connectivity index (χ1v) is 9.13. The highest BCUT2D eigenvalue weighted by Crippen LogP contribution is 2.17. The van der Waals surface area contributed by atoms with E-state index in [2.05, 4.69) is 25.0 Å². The number of nitrogens with zero attached hydrogens (tertiary/aromatic N) is 3. The molecule has 0 radical (unpaired) electrons. The molecule has 10 heteroatoms. The summed E-state index contributed by atoms with van der Waals surface area (Å²) in [5, 5.41) is 2.93. The van der Waals surface area contributed by atoms with Gasteiger partial charge in [-0.15, -0.1) is 0 Å². The Labute approximate surface area is 154 Å². The molecule has 0 spiro atoms. The topological polar surface area (TPSA) is 114 Å². The van der Waals surface area contributed by atoms with E-state index in [0.717, 1.165) is 0 Å². The van der Waals surface area contributed by atoms with Gasteiger partial charge in [-0.3, -0.25) is 4.79 Å². The summed E-state index contributed by atoms with van der Waals surface area (Å²) >= 11 is 5.68. The molecule has 0 aliphatic carbocycles. The first-order chi connectivity index (χ1) is 12.4. The van der Waals surface area contributed by atoms with Crippen LogP contribution in [0.25, 0.3) is 0 Å². The predicted molar refractivity (Wildman–Crippen MR) is 96.5 cm³/mol. The second-order valence-electron chi connectivity index (χ2n) is 5.03. The SMILES string of the molecule is O=C(Nc1ccc(S(=O)(=O)Nc2ncccn2)cc1)c1ccc(Cl)nc1. The quantitative estimate of drug-likeness (QED) is 0.648. The van der Waals surface area contributed by atoms with E-state index in [1.807, 2.05) is 0 Å². The molecule has 2 aromatic heterocycles. The van der Waals surface area contributed by atoms with Crippen LogP contribution in [0.15, 0.2) is 66.0 Å². The highest BCUT2D eigenvalue weighted by molar-refractivity contribution is 7.92. The van der Waals surface area contributed by atoms with Crippen molar-refractivity contribution in [2.24, 2.45) is 0 Å². The number of carbonyl (C=O) groups is 1. The van der Waals surface area contributed by atoms with E-state index in [0.29, 0.717) is 11.3 Å². The van der Waals surface area contributed by atoms with Gasteiger partial charge < -0.3 is 5.32 Å². The number of nitrogens with one attached hydrogen (secondary N) is 2. The zero-order valence-electron chi connectivity index (χ0n) is 13.1. The molecule has 0 aliphatic rings. The van der Waals surface area contributed by atoms with E-state index in [9.17, 15) is 13.2 Å². The zero-order valence-corrected chi connectivity index (χ0v) is 14.7. The monoisotopic (exact) mass is 389 g/mol. The molecule has 1 amide bonds. The fourth-order valence-corrected chi connectivity index (χ4v) is 3.03. The molecule has 0 atom stereocenters. The van der Waals surface area contributed by atoms with Gasteiger partial charge in [-0.2, -0.15) is 0 Å². The number of aromatic nitrogens is 3. The molecular weight excluding hydrogens is 378 g/mol. The molecule has 132 valence electrons. The number of anilines is 2. The van der Waals surface area contributed by atoms with E-state index in [1.54, 1.807) is 6.07 Å². The zero-order chi connectivity index (χ0) is 18.6. The van der Waals surface area contributed by atoms with Crippen molar-refractivity contribution >= 4 is 39.2 Å². The molecule has 2 heterocycles. The normalized spacial score (nSPS) is 11.0. The van der Waals surface area contributed by atoms with Gasteiger partial charge in [0, 0.05) is 24.3 Å². The number of benzene rings is 1. The lowest BCUT2D eigenvalue weighted by atomic mass is 10.2. The van der Waals surface area contributed by atoms with Gasteiger partial charge in [0.05, 0.1) is 10.5 Å². The summed E-state index contributed by atoms with van der Waals surface area (Å²) in [5.41, 5.74) is 0.758. The van der Waals surface area contributed by atoms with Crippen LogP contribution in [-0.2, 0) is 10.0 Å². The maximum absolute atomic E-state index is 12.3. The van der Waals surface area contributed by atoms with Crippen LogP contribution < -0.4 is 10.0 Å². The third-order valence-corrected chi connectivity index (χ3v) is 4.77. The van der Waals surface area contributed by atoms with E-state index < -0.39 is 10.0 Å². The number of hydrogen-bond acceptors (Lipinski definition) is 6.